The molecular formula is C27H29FO5S. The lowest BCUT2D eigenvalue weighted by Gasteiger charge is -2.34. The average Bonchev–Trinajstić information content (AvgIpc) is 3.00. The van der Waals surface area contributed by atoms with Crippen LogP contribution >= 0.6 is 0 Å². The average molecular weight is 484 g/mol. The molecule has 1 unspecified atom stereocenters. The Morgan fingerprint density at radius 1 is 0.882 bits per heavy atom. The van der Waals surface area contributed by atoms with Crippen molar-refractivity contribution < 1.29 is 27.2 Å². The molecule has 5 nitrogen and oxygen atoms in total. The van der Waals surface area contributed by atoms with Gasteiger partial charge in [-0.05, 0) is 77.8 Å². The van der Waals surface area contributed by atoms with Crippen LogP contribution in [0.2, 0.25) is 0 Å². The summed E-state index contributed by atoms with van der Waals surface area (Å²) in [5.41, 5.74) is 1.10. The van der Waals surface area contributed by atoms with Crippen molar-refractivity contribution in [2.24, 2.45) is 0 Å². The molecule has 2 N–H and O–H groups in total. The Bertz CT molecular complexity index is 1410. The van der Waals surface area contributed by atoms with Crippen molar-refractivity contribution in [2.75, 3.05) is 0 Å². The molecule has 0 spiro atoms. The van der Waals surface area contributed by atoms with Crippen LogP contribution in [0.4, 0.5) is 4.39 Å². The highest BCUT2D eigenvalue weighted by atomic mass is 32.2. The van der Waals surface area contributed by atoms with E-state index in [0.29, 0.717) is 33.4 Å². The molecule has 3 aromatic rings. The Hall–Kier alpha value is -2.90. The van der Waals surface area contributed by atoms with Gasteiger partial charge < -0.3 is 10.2 Å². The number of hydrogen-bond donors (Lipinski definition) is 2. The van der Waals surface area contributed by atoms with Gasteiger partial charge >= 0.3 is 0 Å². The number of hydrogen-bond acceptors (Lipinski definition) is 5. The Morgan fingerprint density at radius 3 is 2.09 bits per heavy atom. The molecule has 4 rings (SSSR count). The molecule has 0 aromatic heterocycles. The van der Waals surface area contributed by atoms with Crippen LogP contribution in [0.1, 0.15) is 78.5 Å². The Morgan fingerprint density at radius 2 is 1.47 bits per heavy atom. The smallest absolute Gasteiger partial charge is 0.298 e. The van der Waals surface area contributed by atoms with Gasteiger partial charge in [-0.3, -0.25) is 0 Å². The molecule has 1 aliphatic heterocycles. The van der Waals surface area contributed by atoms with Gasteiger partial charge in [0.05, 0.1) is 0 Å². The fraction of sp³-hybridized carbons (Fsp3) is 0.333. The van der Waals surface area contributed by atoms with Gasteiger partial charge in [0, 0.05) is 11.1 Å². The van der Waals surface area contributed by atoms with Crippen LogP contribution in [-0.4, -0.2) is 18.6 Å². The molecule has 1 heterocycles. The molecule has 0 bridgehead atoms. The first-order chi connectivity index (χ1) is 15.8. The molecule has 0 saturated carbocycles. The zero-order valence-electron chi connectivity index (χ0n) is 20.1. The van der Waals surface area contributed by atoms with Gasteiger partial charge in [-0.25, -0.2) is 8.57 Å². The Labute approximate surface area is 200 Å². The van der Waals surface area contributed by atoms with E-state index in [-0.39, 0.29) is 28.0 Å². The summed E-state index contributed by atoms with van der Waals surface area (Å²) in [6, 6.07) is 11.4. The third-order valence-electron chi connectivity index (χ3n) is 6.66. The number of aromatic hydroxyl groups is 2. The lowest BCUT2D eigenvalue weighted by molar-refractivity contribution is 0.177. The van der Waals surface area contributed by atoms with Gasteiger partial charge in [-0.1, -0.05) is 45.9 Å². The van der Waals surface area contributed by atoms with Crippen LogP contribution in [0.5, 0.6) is 11.5 Å². The highest BCUT2D eigenvalue weighted by molar-refractivity contribution is 7.87. The summed E-state index contributed by atoms with van der Waals surface area (Å²) in [5, 5.41) is 21.1. The zero-order valence-corrected chi connectivity index (χ0v) is 20.9. The van der Waals surface area contributed by atoms with E-state index in [2.05, 4.69) is 0 Å². The van der Waals surface area contributed by atoms with E-state index in [1.807, 2.05) is 27.7 Å². The number of phenols is 2. The first-order valence-corrected chi connectivity index (χ1v) is 12.6. The van der Waals surface area contributed by atoms with Crippen molar-refractivity contribution in [3.8, 4) is 11.5 Å². The van der Waals surface area contributed by atoms with E-state index in [1.165, 1.54) is 13.0 Å². The maximum atomic E-state index is 15.4. The second kappa shape index (κ2) is 8.10. The van der Waals surface area contributed by atoms with E-state index in [0.717, 1.165) is 0 Å². The highest BCUT2D eigenvalue weighted by Gasteiger charge is 2.53. The third-order valence-corrected chi connectivity index (χ3v) is 8.03. The predicted octanol–water partition coefficient (Wildman–Crippen LogP) is 6.11. The zero-order chi connectivity index (χ0) is 25.2. The SMILES string of the molecule is Cc1cc(O)c(C(C)C)cc1C1(c2cc(C(C)C)c(O)c([18F])c2C)OS(=O)(=O)c2ccccc21. The van der Waals surface area contributed by atoms with Crippen molar-refractivity contribution in [1.29, 1.82) is 0 Å². The molecule has 1 atom stereocenters. The van der Waals surface area contributed by atoms with E-state index in [9.17, 15) is 18.6 Å². The van der Waals surface area contributed by atoms with Crippen molar-refractivity contribution in [1.82, 2.24) is 0 Å². The summed E-state index contributed by atoms with van der Waals surface area (Å²) < 4.78 is 47.9. The van der Waals surface area contributed by atoms with Crippen LogP contribution in [0.3, 0.4) is 0 Å². The molecule has 0 amide bonds. The third kappa shape index (κ3) is 3.41. The van der Waals surface area contributed by atoms with Crippen LogP contribution in [0.15, 0.2) is 47.4 Å². The summed E-state index contributed by atoms with van der Waals surface area (Å²) in [6.45, 7) is 10.7. The van der Waals surface area contributed by atoms with Crippen molar-refractivity contribution in [3.05, 3.63) is 87.2 Å². The molecule has 0 aliphatic carbocycles. The predicted molar refractivity (Wildman–Crippen MR) is 128 cm³/mol. The van der Waals surface area contributed by atoms with Gasteiger partial charge in [0.25, 0.3) is 10.1 Å². The molecular weight excluding hydrogens is 454 g/mol. The highest BCUT2D eigenvalue weighted by Crippen LogP contribution is 2.54. The van der Waals surface area contributed by atoms with Crippen LogP contribution < -0.4 is 0 Å². The number of phenolic OH excluding ortho intramolecular Hbond substituents is 2. The fourth-order valence-corrected chi connectivity index (χ4v) is 6.28. The summed E-state index contributed by atoms with van der Waals surface area (Å²) in [6.07, 6.45) is 0. The number of benzene rings is 3. The first kappa shape index (κ1) is 24.2. The minimum atomic E-state index is -4.19. The summed E-state index contributed by atoms with van der Waals surface area (Å²) >= 11 is 0. The van der Waals surface area contributed by atoms with E-state index < -0.39 is 27.3 Å². The normalized spacial score (nSPS) is 19.1. The van der Waals surface area contributed by atoms with Crippen molar-refractivity contribution >= 4 is 10.1 Å². The van der Waals surface area contributed by atoms with E-state index >= 15 is 4.39 Å². The van der Waals surface area contributed by atoms with Crippen LogP contribution in [-0.2, 0) is 19.9 Å². The van der Waals surface area contributed by atoms with Gasteiger partial charge in [0.15, 0.2) is 17.2 Å². The van der Waals surface area contributed by atoms with E-state index in [1.54, 1.807) is 43.3 Å². The monoisotopic (exact) mass is 483 g/mol. The number of fused-ring (bicyclic) bond motifs is 1. The number of halogens is 1. The van der Waals surface area contributed by atoms with Gasteiger partial charge in [-0.15, -0.1) is 0 Å². The minimum absolute atomic E-state index is 0.00699. The molecule has 1 aliphatic rings. The fourth-order valence-electron chi connectivity index (χ4n) is 4.87. The molecule has 0 fully saturated rings. The van der Waals surface area contributed by atoms with Crippen LogP contribution in [0.25, 0.3) is 0 Å². The second-order valence-electron chi connectivity index (χ2n) is 9.55. The lowest BCUT2D eigenvalue weighted by atomic mass is 9.74. The number of aryl methyl sites for hydroxylation is 1. The topological polar surface area (TPSA) is 83.8 Å². The molecule has 0 radical (unpaired) electrons. The molecule has 3 aromatic carbocycles. The van der Waals surface area contributed by atoms with Crippen molar-refractivity contribution in [2.45, 2.75) is 63.9 Å². The maximum absolute atomic E-state index is 15.4. The van der Waals surface area contributed by atoms with Gasteiger partial charge in [0.2, 0.25) is 0 Å². The quantitative estimate of drug-likeness (QED) is 0.437. The number of rotatable bonds is 4. The molecule has 7 heteroatoms. The van der Waals surface area contributed by atoms with Crippen molar-refractivity contribution in [3.63, 3.8) is 0 Å². The maximum Gasteiger partial charge on any atom is 0.298 e. The first-order valence-electron chi connectivity index (χ1n) is 11.2. The minimum Gasteiger partial charge on any atom is -0.508 e. The van der Waals surface area contributed by atoms with E-state index in [4.69, 9.17) is 4.18 Å². The van der Waals surface area contributed by atoms with Gasteiger partial charge in [0.1, 0.15) is 10.6 Å². The Kier molecular flexibility index (Phi) is 5.77. The molecule has 34 heavy (non-hydrogen) atoms. The second-order valence-corrected chi connectivity index (χ2v) is 11.1. The Balaban J connectivity index is 2.24. The summed E-state index contributed by atoms with van der Waals surface area (Å²) in [4.78, 5) is 0.00699. The standard InChI is InChI=1S/C27H29FO5S/c1-14(2)18-12-21(16(5)11-23(18)29)27(20-9-7-8-10-24(20)34(31,32)33-27)22-13-19(15(3)4)26(30)25(28)17(22)6/h7-15,29-30H,1-6H3/i28-1. The summed E-state index contributed by atoms with van der Waals surface area (Å²) in [7, 11) is -4.19. The lowest BCUT2D eigenvalue weighted by Crippen LogP contribution is -2.32. The van der Waals surface area contributed by atoms with Gasteiger partial charge in [-0.2, -0.15) is 8.42 Å². The molecule has 0 saturated heterocycles. The summed E-state index contributed by atoms with van der Waals surface area (Å²) in [5.74, 6) is -1.46. The van der Waals surface area contributed by atoms with Crippen LogP contribution in [0, 0.1) is 19.7 Å². The molecule has 180 valence electrons. The largest absolute Gasteiger partial charge is 0.508 e.